The Morgan fingerprint density at radius 2 is 2.00 bits per heavy atom. The molecule has 3 atom stereocenters. The largest absolute Gasteiger partial charge is 0.318 e. The Morgan fingerprint density at radius 1 is 1.28 bits per heavy atom. The van der Waals surface area contributed by atoms with E-state index in [-0.39, 0.29) is 6.10 Å². The van der Waals surface area contributed by atoms with E-state index in [2.05, 4.69) is 15.9 Å². The van der Waals surface area contributed by atoms with Crippen molar-refractivity contribution in [2.45, 2.75) is 41.9 Å². The fourth-order valence-electron chi connectivity index (χ4n) is 2.33. The maximum absolute atomic E-state index is 12.7. The predicted molar refractivity (Wildman–Crippen MR) is 82.3 cm³/mol. The van der Waals surface area contributed by atoms with Crippen LogP contribution in [-0.4, -0.2) is 11.4 Å². The van der Waals surface area contributed by atoms with Gasteiger partial charge in [0, 0.05) is 14.6 Å². The number of rotatable bonds is 2. The lowest BCUT2D eigenvalue weighted by molar-refractivity contribution is 0.185. The Hall–Kier alpha value is 0.590. The van der Waals surface area contributed by atoms with Crippen molar-refractivity contribution in [2.75, 3.05) is 0 Å². The second-order valence-electron chi connectivity index (χ2n) is 4.56. The van der Waals surface area contributed by atoms with Crippen molar-refractivity contribution in [3.63, 3.8) is 0 Å². The van der Waals surface area contributed by atoms with Crippen LogP contribution in [0, 0.1) is 0 Å². The van der Waals surface area contributed by atoms with E-state index in [0.717, 1.165) is 22.2 Å². The minimum atomic E-state index is -2.59. The van der Waals surface area contributed by atoms with Crippen LogP contribution in [0.25, 0.3) is 0 Å². The van der Waals surface area contributed by atoms with Crippen molar-refractivity contribution in [3.8, 4) is 0 Å². The first kappa shape index (κ1) is 13.6. The summed E-state index contributed by atoms with van der Waals surface area (Å²) in [7, 11) is 0. The average Bonchev–Trinajstić information content (AvgIpc) is 2.68. The normalized spacial score (nSPS) is 35.4. The maximum atomic E-state index is 12.7. The minimum absolute atomic E-state index is 0.220. The standard InChI is InChI=1S/C12H14BrO2PS2/c13-9-5-7-10(8-6-9)17-16(14)15-11-3-1-2-4-12(11)18-16/h5-8,11-12H,1-4H2/t11-,12?,16?/m1/s1. The fraction of sp³-hybridized carbons (Fsp3) is 0.500. The Kier molecular flexibility index (Phi) is 4.17. The molecule has 1 heterocycles. The second-order valence-corrected chi connectivity index (χ2v) is 12.8. The van der Waals surface area contributed by atoms with E-state index >= 15 is 0 Å². The molecular weight excluding hydrogens is 351 g/mol. The highest BCUT2D eigenvalue weighted by atomic mass is 79.9. The fourth-order valence-corrected chi connectivity index (χ4v) is 10.9. The van der Waals surface area contributed by atoms with Gasteiger partial charge in [-0.2, -0.15) is 0 Å². The first-order chi connectivity index (χ1) is 8.65. The summed E-state index contributed by atoms with van der Waals surface area (Å²) in [5, 5.41) is 0.451. The van der Waals surface area contributed by atoms with Gasteiger partial charge in [0.05, 0.1) is 6.10 Å². The van der Waals surface area contributed by atoms with Gasteiger partial charge in [-0.3, -0.25) is 4.57 Å². The van der Waals surface area contributed by atoms with Crippen LogP contribution in [0.3, 0.4) is 0 Å². The zero-order valence-electron chi connectivity index (χ0n) is 9.75. The van der Waals surface area contributed by atoms with Crippen LogP contribution in [0.2, 0.25) is 0 Å². The van der Waals surface area contributed by atoms with E-state index in [0.29, 0.717) is 5.25 Å². The molecule has 0 radical (unpaired) electrons. The van der Waals surface area contributed by atoms with Crippen molar-refractivity contribution < 1.29 is 9.09 Å². The third-order valence-electron chi connectivity index (χ3n) is 3.20. The van der Waals surface area contributed by atoms with Crippen molar-refractivity contribution >= 4 is 44.5 Å². The lowest BCUT2D eigenvalue weighted by Gasteiger charge is -2.20. The third kappa shape index (κ3) is 3.01. The molecule has 0 spiro atoms. The Bertz CT molecular complexity index is 461. The summed E-state index contributed by atoms with van der Waals surface area (Å²) >= 11 is 6.39. The van der Waals surface area contributed by atoms with Gasteiger partial charge < -0.3 is 4.52 Å². The van der Waals surface area contributed by atoms with Crippen LogP contribution in [0.1, 0.15) is 25.7 Å². The molecule has 1 saturated carbocycles. The summed E-state index contributed by atoms with van der Waals surface area (Å²) in [6.07, 6.45) is 4.91. The molecule has 2 aliphatic rings. The highest BCUT2D eigenvalue weighted by molar-refractivity contribution is 9.10. The molecule has 1 aliphatic carbocycles. The highest BCUT2D eigenvalue weighted by Crippen LogP contribution is 2.79. The molecular formula is C12H14BrO2PS2. The first-order valence-corrected chi connectivity index (χ1v) is 11.4. The molecule has 3 rings (SSSR count). The Balaban J connectivity index is 1.72. The van der Waals surface area contributed by atoms with E-state index in [1.807, 2.05) is 24.3 Å². The van der Waals surface area contributed by atoms with Gasteiger partial charge in [-0.1, -0.05) is 40.2 Å². The predicted octanol–water partition coefficient (Wildman–Crippen LogP) is 5.72. The van der Waals surface area contributed by atoms with E-state index in [1.165, 1.54) is 24.2 Å². The van der Waals surface area contributed by atoms with Gasteiger partial charge in [-0.15, -0.1) is 0 Å². The Labute approximate surface area is 124 Å². The van der Waals surface area contributed by atoms with Gasteiger partial charge in [-0.25, -0.2) is 0 Å². The van der Waals surface area contributed by atoms with Gasteiger partial charge in [-0.05, 0) is 48.5 Å². The molecule has 0 N–H and O–H groups in total. The van der Waals surface area contributed by atoms with Crippen molar-refractivity contribution in [3.05, 3.63) is 28.7 Å². The number of hydrogen-bond donors (Lipinski definition) is 0. The summed E-state index contributed by atoms with van der Waals surface area (Å²) in [6, 6.07) is 7.92. The van der Waals surface area contributed by atoms with Crippen LogP contribution in [0.5, 0.6) is 0 Å². The van der Waals surface area contributed by atoms with Gasteiger partial charge in [0.1, 0.15) is 0 Å². The molecule has 0 aromatic heterocycles. The molecule has 0 bridgehead atoms. The monoisotopic (exact) mass is 364 g/mol. The van der Waals surface area contributed by atoms with Gasteiger partial charge in [0.2, 0.25) is 0 Å². The molecule has 1 aliphatic heterocycles. The molecule has 0 amide bonds. The van der Waals surface area contributed by atoms with Crippen LogP contribution >= 0.6 is 44.5 Å². The quantitative estimate of drug-likeness (QED) is 0.626. The summed E-state index contributed by atoms with van der Waals surface area (Å²) in [5.74, 6) is -2.59. The van der Waals surface area contributed by atoms with Gasteiger partial charge >= 0.3 is 5.77 Å². The molecule has 1 aromatic carbocycles. The first-order valence-electron chi connectivity index (χ1n) is 6.07. The van der Waals surface area contributed by atoms with E-state index in [9.17, 15) is 4.57 Å². The zero-order chi connectivity index (χ0) is 12.6. The second kappa shape index (κ2) is 5.53. The Morgan fingerprint density at radius 3 is 2.72 bits per heavy atom. The highest BCUT2D eigenvalue weighted by Gasteiger charge is 2.45. The summed E-state index contributed by atoms with van der Waals surface area (Å²) < 4.78 is 19.6. The van der Waals surface area contributed by atoms with Crippen LogP contribution < -0.4 is 0 Å². The third-order valence-corrected chi connectivity index (χ3v) is 10.9. The minimum Gasteiger partial charge on any atom is -0.309 e. The number of benzene rings is 1. The van der Waals surface area contributed by atoms with E-state index in [4.69, 9.17) is 4.52 Å². The SMILES string of the molecule is O=P1(Sc2ccc(Br)cc2)O[C@@H]2CCCCC2S1. The lowest BCUT2D eigenvalue weighted by Crippen LogP contribution is -2.23. The molecule has 98 valence electrons. The topological polar surface area (TPSA) is 26.3 Å². The summed E-state index contributed by atoms with van der Waals surface area (Å²) in [4.78, 5) is 1.02. The smallest absolute Gasteiger partial charge is 0.309 e. The van der Waals surface area contributed by atoms with E-state index in [1.54, 1.807) is 11.4 Å². The maximum Gasteiger partial charge on any atom is 0.318 e. The zero-order valence-corrected chi connectivity index (χ0v) is 13.9. The molecule has 6 heteroatoms. The van der Waals surface area contributed by atoms with Crippen LogP contribution in [0.4, 0.5) is 0 Å². The summed E-state index contributed by atoms with van der Waals surface area (Å²) in [5.41, 5.74) is 0. The molecule has 2 unspecified atom stereocenters. The van der Waals surface area contributed by atoms with Crippen molar-refractivity contribution in [1.82, 2.24) is 0 Å². The molecule has 2 nitrogen and oxygen atoms in total. The van der Waals surface area contributed by atoms with Crippen molar-refractivity contribution in [1.29, 1.82) is 0 Å². The average molecular weight is 365 g/mol. The van der Waals surface area contributed by atoms with Crippen molar-refractivity contribution in [2.24, 2.45) is 0 Å². The number of fused-ring (bicyclic) bond motifs is 1. The summed E-state index contributed by atoms with van der Waals surface area (Å²) in [6.45, 7) is 0. The number of halogens is 1. The van der Waals surface area contributed by atoms with Crippen LogP contribution in [0.15, 0.2) is 33.6 Å². The van der Waals surface area contributed by atoms with Crippen LogP contribution in [-0.2, 0) is 9.09 Å². The molecule has 18 heavy (non-hydrogen) atoms. The number of hydrogen-bond acceptors (Lipinski definition) is 4. The molecule has 1 aromatic rings. The lowest BCUT2D eigenvalue weighted by atomic mass is 9.97. The van der Waals surface area contributed by atoms with E-state index < -0.39 is 5.77 Å². The molecule has 1 saturated heterocycles. The van der Waals surface area contributed by atoms with Gasteiger partial charge in [0.25, 0.3) is 0 Å². The van der Waals surface area contributed by atoms with Gasteiger partial charge in [0.15, 0.2) is 0 Å². The molecule has 2 fully saturated rings.